The molecule has 17 heavy (non-hydrogen) atoms. The van der Waals surface area contributed by atoms with E-state index < -0.39 is 5.60 Å². The number of rotatable bonds is 3. The van der Waals surface area contributed by atoms with Gasteiger partial charge in [0.05, 0.1) is 5.60 Å². The summed E-state index contributed by atoms with van der Waals surface area (Å²) in [4.78, 5) is 0. The second-order valence-electron chi connectivity index (χ2n) is 6.50. The van der Waals surface area contributed by atoms with Gasteiger partial charge < -0.3 is 5.11 Å². The maximum atomic E-state index is 10.8. The van der Waals surface area contributed by atoms with Gasteiger partial charge in [-0.1, -0.05) is 20.8 Å². The minimum absolute atomic E-state index is 0.411. The molecule has 2 atom stereocenters. The van der Waals surface area contributed by atoms with E-state index in [9.17, 15) is 5.11 Å². The van der Waals surface area contributed by atoms with Gasteiger partial charge in [-0.15, -0.1) is 0 Å². The van der Waals surface area contributed by atoms with Crippen LogP contribution in [0.2, 0.25) is 0 Å². The van der Waals surface area contributed by atoms with Crippen molar-refractivity contribution >= 4 is 11.3 Å². The highest BCUT2D eigenvalue weighted by molar-refractivity contribution is 7.07. The lowest BCUT2D eigenvalue weighted by Crippen LogP contribution is -2.44. The van der Waals surface area contributed by atoms with Crippen molar-refractivity contribution in [2.24, 2.45) is 11.3 Å². The second kappa shape index (κ2) is 4.74. The number of hydrogen-bond donors (Lipinski definition) is 1. The van der Waals surface area contributed by atoms with Gasteiger partial charge in [0, 0.05) is 0 Å². The van der Waals surface area contributed by atoms with E-state index in [-0.39, 0.29) is 0 Å². The van der Waals surface area contributed by atoms with Gasteiger partial charge in [0.1, 0.15) is 0 Å². The van der Waals surface area contributed by atoms with Crippen LogP contribution in [0.3, 0.4) is 0 Å². The standard InChI is InChI=1S/C15H24OS/c1-12-10-14(2,3)7-8-15(12,16)6-4-13-5-9-17-11-13/h5,9,11-12,16H,4,6-8,10H2,1-3H3. The zero-order valence-corrected chi connectivity index (χ0v) is 12.0. The number of thiophene rings is 1. The number of aliphatic hydroxyl groups is 1. The Hall–Kier alpha value is -0.340. The zero-order chi connectivity index (χ0) is 12.5. The van der Waals surface area contributed by atoms with Gasteiger partial charge in [-0.05, 0) is 65.8 Å². The van der Waals surface area contributed by atoms with E-state index in [0.717, 1.165) is 32.1 Å². The van der Waals surface area contributed by atoms with Crippen LogP contribution in [0.1, 0.15) is 52.0 Å². The molecule has 1 saturated carbocycles. The van der Waals surface area contributed by atoms with Crippen molar-refractivity contribution in [1.29, 1.82) is 0 Å². The van der Waals surface area contributed by atoms with Crippen LogP contribution in [0.5, 0.6) is 0 Å². The van der Waals surface area contributed by atoms with Gasteiger partial charge in [0.25, 0.3) is 0 Å². The monoisotopic (exact) mass is 252 g/mol. The molecule has 1 N–H and O–H groups in total. The van der Waals surface area contributed by atoms with E-state index >= 15 is 0 Å². The van der Waals surface area contributed by atoms with Crippen LogP contribution in [0.4, 0.5) is 0 Å². The average Bonchev–Trinajstić information content (AvgIpc) is 2.74. The topological polar surface area (TPSA) is 20.2 Å². The SMILES string of the molecule is CC1CC(C)(C)CCC1(O)CCc1ccsc1. The third kappa shape index (κ3) is 3.11. The van der Waals surface area contributed by atoms with Crippen molar-refractivity contribution in [3.05, 3.63) is 22.4 Å². The Kier molecular flexibility index (Phi) is 3.65. The Labute approximate surface area is 109 Å². The van der Waals surface area contributed by atoms with Crippen LogP contribution in [-0.2, 0) is 6.42 Å². The van der Waals surface area contributed by atoms with Gasteiger partial charge >= 0.3 is 0 Å². The molecule has 1 aromatic rings. The molecule has 1 fully saturated rings. The summed E-state index contributed by atoms with van der Waals surface area (Å²) in [6.45, 7) is 6.86. The molecule has 1 aliphatic rings. The third-order valence-electron chi connectivity index (χ3n) is 4.44. The predicted octanol–water partition coefficient (Wildman–Crippen LogP) is 4.26. The number of aryl methyl sites for hydroxylation is 1. The van der Waals surface area contributed by atoms with Crippen molar-refractivity contribution in [1.82, 2.24) is 0 Å². The molecule has 2 unspecified atom stereocenters. The van der Waals surface area contributed by atoms with Gasteiger partial charge in [0.15, 0.2) is 0 Å². The van der Waals surface area contributed by atoms with Crippen LogP contribution >= 0.6 is 11.3 Å². The average molecular weight is 252 g/mol. The molecule has 0 amide bonds. The first-order valence-electron chi connectivity index (χ1n) is 6.65. The summed E-state index contributed by atoms with van der Waals surface area (Å²) >= 11 is 1.74. The summed E-state index contributed by atoms with van der Waals surface area (Å²) in [5.74, 6) is 0.421. The van der Waals surface area contributed by atoms with Crippen LogP contribution in [0, 0.1) is 11.3 Å². The highest BCUT2D eigenvalue weighted by atomic mass is 32.1. The van der Waals surface area contributed by atoms with Crippen molar-refractivity contribution in [3.63, 3.8) is 0 Å². The van der Waals surface area contributed by atoms with Gasteiger partial charge in [-0.3, -0.25) is 0 Å². The summed E-state index contributed by atoms with van der Waals surface area (Å²) in [5.41, 5.74) is 1.35. The molecular formula is C15H24OS. The molecule has 0 radical (unpaired) electrons. The van der Waals surface area contributed by atoms with Crippen LogP contribution < -0.4 is 0 Å². The Bertz CT molecular complexity index is 355. The fraction of sp³-hybridized carbons (Fsp3) is 0.733. The highest BCUT2D eigenvalue weighted by Gasteiger charge is 2.41. The van der Waals surface area contributed by atoms with Crippen molar-refractivity contribution in [2.45, 2.75) is 58.5 Å². The van der Waals surface area contributed by atoms with Gasteiger partial charge in [-0.2, -0.15) is 11.3 Å². The molecule has 1 nitrogen and oxygen atoms in total. The molecule has 0 spiro atoms. The predicted molar refractivity (Wildman–Crippen MR) is 74.4 cm³/mol. The summed E-state index contributed by atoms with van der Waals surface area (Å²) in [5, 5.41) is 15.1. The molecule has 2 rings (SSSR count). The zero-order valence-electron chi connectivity index (χ0n) is 11.2. The maximum absolute atomic E-state index is 10.8. The highest BCUT2D eigenvalue weighted by Crippen LogP contribution is 2.45. The molecule has 0 aromatic carbocycles. The first-order chi connectivity index (χ1) is 7.91. The van der Waals surface area contributed by atoms with Crippen molar-refractivity contribution in [3.8, 4) is 0 Å². The Morgan fingerprint density at radius 2 is 2.18 bits per heavy atom. The lowest BCUT2D eigenvalue weighted by molar-refractivity contribution is -0.0763. The Balaban J connectivity index is 1.95. The van der Waals surface area contributed by atoms with E-state index in [0.29, 0.717) is 11.3 Å². The smallest absolute Gasteiger partial charge is 0.0676 e. The summed E-state index contributed by atoms with van der Waals surface area (Å²) in [6.07, 6.45) is 5.20. The normalized spacial score (nSPS) is 32.6. The molecule has 0 bridgehead atoms. The molecule has 0 saturated heterocycles. The fourth-order valence-corrected chi connectivity index (χ4v) is 3.79. The van der Waals surface area contributed by atoms with Crippen LogP contribution in [0.25, 0.3) is 0 Å². The fourth-order valence-electron chi connectivity index (χ4n) is 3.09. The lowest BCUT2D eigenvalue weighted by Gasteiger charge is -2.45. The summed E-state index contributed by atoms with van der Waals surface area (Å²) < 4.78 is 0. The Morgan fingerprint density at radius 1 is 1.41 bits per heavy atom. The molecule has 1 aliphatic carbocycles. The third-order valence-corrected chi connectivity index (χ3v) is 5.17. The first-order valence-corrected chi connectivity index (χ1v) is 7.59. The van der Waals surface area contributed by atoms with E-state index in [1.54, 1.807) is 11.3 Å². The van der Waals surface area contributed by atoms with E-state index in [1.807, 2.05) is 0 Å². The van der Waals surface area contributed by atoms with Crippen molar-refractivity contribution in [2.75, 3.05) is 0 Å². The molecule has 0 aliphatic heterocycles. The molecule has 96 valence electrons. The minimum Gasteiger partial charge on any atom is -0.390 e. The maximum Gasteiger partial charge on any atom is 0.0676 e. The molecule has 1 heterocycles. The molecule has 1 aromatic heterocycles. The van der Waals surface area contributed by atoms with Crippen molar-refractivity contribution < 1.29 is 5.11 Å². The van der Waals surface area contributed by atoms with E-state index in [4.69, 9.17) is 0 Å². The lowest BCUT2D eigenvalue weighted by atomic mass is 9.64. The largest absolute Gasteiger partial charge is 0.390 e. The quantitative estimate of drug-likeness (QED) is 0.852. The Morgan fingerprint density at radius 3 is 2.76 bits per heavy atom. The van der Waals surface area contributed by atoms with E-state index in [1.165, 1.54) is 5.56 Å². The van der Waals surface area contributed by atoms with Crippen LogP contribution in [-0.4, -0.2) is 10.7 Å². The molecular weight excluding hydrogens is 228 g/mol. The second-order valence-corrected chi connectivity index (χ2v) is 7.28. The number of hydrogen-bond acceptors (Lipinski definition) is 2. The minimum atomic E-state index is -0.433. The van der Waals surface area contributed by atoms with E-state index in [2.05, 4.69) is 37.6 Å². The summed E-state index contributed by atoms with van der Waals surface area (Å²) in [6, 6.07) is 2.17. The molecule has 2 heteroatoms. The van der Waals surface area contributed by atoms with Gasteiger partial charge in [-0.25, -0.2) is 0 Å². The first kappa shape index (κ1) is 13.1. The summed E-state index contributed by atoms with van der Waals surface area (Å²) in [7, 11) is 0. The van der Waals surface area contributed by atoms with Gasteiger partial charge in [0.2, 0.25) is 0 Å². The van der Waals surface area contributed by atoms with Crippen LogP contribution in [0.15, 0.2) is 16.8 Å².